The summed E-state index contributed by atoms with van der Waals surface area (Å²) in [5.41, 5.74) is 2.12. The van der Waals surface area contributed by atoms with Crippen LogP contribution in [0.5, 0.6) is 0 Å². The van der Waals surface area contributed by atoms with Gasteiger partial charge in [-0.25, -0.2) is 0 Å². The Balaban J connectivity index is 2.37. The fourth-order valence-electron chi connectivity index (χ4n) is 2.63. The SMILES string of the molecule is C=C(C)NC(=C)CC1CC(C)CC1C. The standard InChI is InChI=1S/C13H23N/c1-9(2)14-12(5)8-13-7-10(3)6-11(13)4/h10-11,13-14H,1,5-8H2,2-4H3. The minimum Gasteiger partial charge on any atom is -0.364 e. The summed E-state index contributed by atoms with van der Waals surface area (Å²) in [6, 6.07) is 0. The monoisotopic (exact) mass is 193 g/mol. The van der Waals surface area contributed by atoms with Gasteiger partial charge in [-0.1, -0.05) is 27.0 Å². The van der Waals surface area contributed by atoms with Gasteiger partial charge in [0.25, 0.3) is 0 Å². The number of hydrogen-bond donors (Lipinski definition) is 1. The maximum Gasteiger partial charge on any atom is 0.00782 e. The molecular formula is C13H23N. The fourth-order valence-corrected chi connectivity index (χ4v) is 2.63. The van der Waals surface area contributed by atoms with E-state index in [1.165, 1.54) is 12.8 Å². The molecule has 0 aromatic carbocycles. The Morgan fingerprint density at radius 3 is 2.36 bits per heavy atom. The number of rotatable bonds is 4. The van der Waals surface area contributed by atoms with E-state index in [0.717, 1.165) is 35.6 Å². The van der Waals surface area contributed by atoms with Crippen LogP contribution in [-0.2, 0) is 0 Å². The van der Waals surface area contributed by atoms with Crippen molar-refractivity contribution in [1.82, 2.24) is 5.32 Å². The van der Waals surface area contributed by atoms with E-state index in [1.807, 2.05) is 6.92 Å². The zero-order valence-electron chi connectivity index (χ0n) is 9.77. The van der Waals surface area contributed by atoms with Gasteiger partial charge >= 0.3 is 0 Å². The summed E-state index contributed by atoms with van der Waals surface area (Å²) in [4.78, 5) is 0. The Labute approximate surface area is 88.3 Å². The third kappa shape index (κ3) is 3.21. The van der Waals surface area contributed by atoms with Gasteiger partial charge in [0.1, 0.15) is 0 Å². The molecule has 14 heavy (non-hydrogen) atoms. The van der Waals surface area contributed by atoms with E-state index in [2.05, 4.69) is 32.3 Å². The van der Waals surface area contributed by atoms with Crippen LogP contribution in [0.25, 0.3) is 0 Å². The van der Waals surface area contributed by atoms with Gasteiger partial charge in [0, 0.05) is 11.4 Å². The highest BCUT2D eigenvalue weighted by atomic mass is 14.9. The van der Waals surface area contributed by atoms with Gasteiger partial charge in [-0.05, 0) is 43.9 Å². The molecule has 0 aliphatic heterocycles. The summed E-state index contributed by atoms with van der Waals surface area (Å²) in [5.74, 6) is 2.57. The summed E-state index contributed by atoms with van der Waals surface area (Å²) >= 11 is 0. The first-order valence-electron chi connectivity index (χ1n) is 5.59. The first kappa shape index (κ1) is 11.4. The van der Waals surface area contributed by atoms with Crippen LogP contribution in [0.4, 0.5) is 0 Å². The van der Waals surface area contributed by atoms with Crippen LogP contribution in [-0.4, -0.2) is 0 Å². The molecule has 0 radical (unpaired) electrons. The Morgan fingerprint density at radius 1 is 1.29 bits per heavy atom. The lowest BCUT2D eigenvalue weighted by molar-refractivity contribution is 0.410. The molecule has 3 atom stereocenters. The van der Waals surface area contributed by atoms with Crippen molar-refractivity contribution in [3.05, 3.63) is 24.6 Å². The van der Waals surface area contributed by atoms with E-state index < -0.39 is 0 Å². The lowest BCUT2D eigenvalue weighted by Crippen LogP contribution is -2.14. The van der Waals surface area contributed by atoms with E-state index in [1.54, 1.807) is 0 Å². The average Bonchev–Trinajstić information content (AvgIpc) is 2.28. The quantitative estimate of drug-likeness (QED) is 0.718. The minimum atomic E-state index is 0.823. The van der Waals surface area contributed by atoms with Crippen LogP contribution in [0, 0.1) is 17.8 Å². The van der Waals surface area contributed by atoms with Gasteiger partial charge in [-0.15, -0.1) is 0 Å². The summed E-state index contributed by atoms with van der Waals surface area (Å²) in [7, 11) is 0. The summed E-state index contributed by atoms with van der Waals surface area (Å²) in [5, 5.41) is 3.22. The first-order chi connectivity index (χ1) is 6.49. The Morgan fingerprint density at radius 2 is 1.93 bits per heavy atom. The number of nitrogens with one attached hydrogen (secondary N) is 1. The van der Waals surface area contributed by atoms with Crippen LogP contribution in [0.15, 0.2) is 24.6 Å². The topological polar surface area (TPSA) is 12.0 Å². The molecule has 0 amide bonds. The second kappa shape index (κ2) is 4.68. The molecule has 0 bridgehead atoms. The molecule has 0 aromatic rings. The maximum absolute atomic E-state index is 4.05. The highest BCUT2D eigenvalue weighted by Crippen LogP contribution is 2.38. The minimum absolute atomic E-state index is 0.823. The molecule has 0 aromatic heterocycles. The van der Waals surface area contributed by atoms with Gasteiger partial charge in [-0.2, -0.15) is 0 Å². The van der Waals surface area contributed by atoms with Crippen LogP contribution in [0.1, 0.15) is 40.0 Å². The Hall–Kier alpha value is -0.720. The molecule has 80 valence electrons. The molecule has 1 rings (SSSR count). The van der Waals surface area contributed by atoms with E-state index in [4.69, 9.17) is 0 Å². The lowest BCUT2D eigenvalue weighted by atomic mass is 9.93. The van der Waals surface area contributed by atoms with Crippen LogP contribution >= 0.6 is 0 Å². The van der Waals surface area contributed by atoms with E-state index in [-0.39, 0.29) is 0 Å². The van der Waals surface area contributed by atoms with Crippen molar-refractivity contribution in [3.8, 4) is 0 Å². The van der Waals surface area contributed by atoms with E-state index in [9.17, 15) is 0 Å². The third-order valence-electron chi connectivity index (χ3n) is 3.18. The van der Waals surface area contributed by atoms with Gasteiger partial charge in [-0.3, -0.25) is 0 Å². The molecule has 3 unspecified atom stereocenters. The summed E-state index contributed by atoms with van der Waals surface area (Å²) in [6.45, 7) is 14.6. The fraction of sp³-hybridized carbons (Fsp3) is 0.692. The highest BCUT2D eigenvalue weighted by molar-refractivity contribution is 5.04. The normalized spacial score (nSPS) is 31.5. The summed E-state index contributed by atoms with van der Waals surface area (Å²) < 4.78 is 0. The van der Waals surface area contributed by atoms with Crippen LogP contribution < -0.4 is 5.32 Å². The average molecular weight is 193 g/mol. The Kier molecular flexibility index (Phi) is 3.79. The molecule has 1 N–H and O–H groups in total. The van der Waals surface area contributed by atoms with Crippen LogP contribution in [0.2, 0.25) is 0 Å². The predicted octanol–water partition coefficient (Wildman–Crippen LogP) is 3.70. The number of allylic oxidation sites excluding steroid dienone is 2. The predicted molar refractivity (Wildman–Crippen MR) is 62.8 cm³/mol. The van der Waals surface area contributed by atoms with E-state index >= 15 is 0 Å². The Bertz CT molecular complexity index is 229. The maximum atomic E-state index is 4.05. The third-order valence-corrected chi connectivity index (χ3v) is 3.18. The molecule has 1 aliphatic rings. The molecule has 1 nitrogen and oxygen atoms in total. The van der Waals surface area contributed by atoms with Crippen molar-refractivity contribution in [2.75, 3.05) is 0 Å². The molecule has 1 fully saturated rings. The van der Waals surface area contributed by atoms with Crippen molar-refractivity contribution >= 4 is 0 Å². The van der Waals surface area contributed by atoms with Crippen molar-refractivity contribution in [3.63, 3.8) is 0 Å². The zero-order chi connectivity index (χ0) is 10.7. The van der Waals surface area contributed by atoms with E-state index in [0.29, 0.717) is 0 Å². The largest absolute Gasteiger partial charge is 0.364 e. The second-order valence-electron chi connectivity index (χ2n) is 5.03. The first-order valence-corrected chi connectivity index (χ1v) is 5.59. The van der Waals surface area contributed by atoms with Gasteiger partial charge < -0.3 is 5.32 Å². The molecule has 0 spiro atoms. The second-order valence-corrected chi connectivity index (χ2v) is 5.03. The van der Waals surface area contributed by atoms with Crippen molar-refractivity contribution in [2.24, 2.45) is 17.8 Å². The molecule has 0 saturated heterocycles. The molecule has 1 saturated carbocycles. The van der Waals surface area contributed by atoms with Crippen molar-refractivity contribution in [2.45, 2.75) is 40.0 Å². The van der Waals surface area contributed by atoms with Gasteiger partial charge in [0.15, 0.2) is 0 Å². The van der Waals surface area contributed by atoms with Crippen LogP contribution in [0.3, 0.4) is 0 Å². The lowest BCUT2D eigenvalue weighted by Gasteiger charge is -2.17. The zero-order valence-corrected chi connectivity index (χ0v) is 9.77. The molecular weight excluding hydrogens is 170 g/mol. The van der Waals surface area contributed by atoms with Gasteiger partial charge in [0.2, 0.25) is 0 Å². The van der Waals surface area contributed by atoms with Crippen molar-refractivity contribution < 1.29 is 0 Å². The molecule has 1 aliphatic carbocycles. The van der Waals surface area contributed by atoms with Crippen molar-refractivity contribution in [1.29, 1.82) is 0 Å². The highest BCUT2D eigenvalue weighted by Gasteiger charge is 2.28. The smallest absolute Gasteiger partial charge is 0.00782 e. The summed E-state index contributed by atoms with van der Waals surface area (Å²) in [6.07, 6.45) is 3.85. The molecule has 1 heteroatoms. The molecule has 0 heterocycles. The van der Waals surface area contributed by atoms with Gasteiger partial charge in [0.05, 0.1) is 0 Å². The number of hydrogen-bond acceptors (Lipinski definition) is 1.